The van der Waals surface area contributed by atoms with Crippen LogP contribution in [0.4, 0.5) is 0 Å². The molecule has 0 saturated heterocycles. The standard InChI is InChI=1S/C8H6O7S.2C8H6O4/c9-7(10)4-2-1-3-5(8(11)12)6(4)16(13,14)15;9-7(10)5-1-2-6(4-3-5)8(11)12;9-7(10)5-2-1-3-6(4-5)8(11)12/h1-3H,(H,9,10)(H,11,12)(H,13,14,15);2*1-4H,(H,9,10)(H,11,12). The van der Waals surface area contributed by atoms with Gasteiger partial charge in [0, 0.05) is 0 Å². The molecule has 0 spiro atoms. The normalized spacial score (nSPS) is 10.0. The van der Waals surface area contributed by atoms with Gasteiger partial charge in [0.05, 0.1) is 33.4 Å². The quantitative estimate of drug-likeness (QED) is 0.198. The third-order valence-electron chi connectivity index (χ3n) is 4.47. The predicted octanol–water partition coefficient (Wildman–Crippen LogP) is 2.50. The molecule has 0 bridgehead atoms. The van der Waals surface area contributed by atoms with Crippen LogP contribution in [0.25, 0.3) is 0 Å². The Balaban J connectivity index is 0.000000305. The zero-order valence-corrected chi connectivity index (χ0v) is 20.5. The molecule has 3 aromatic carbocycles. The van der Waals surface area contributed by atoms with Crippen molar-refractivity contribution in [2.75, 3.05) is 0 Å². The second-order valence-corrected chi connectivity index (χ2v) is 8.50. The van der Waals surface area contributed by atoms with Crippen LogP contribution in [0.2, 0.25) is 0 Å². The second-order valence-electron chi connectivity index (χ2n) is 7.15. The van der Waals surface area contributed by atoms with Gasteiger partial charge >= 0.3 is 35.8 Å². The molecule has 0 unspecified atom stereocenters. The summed E-state index contributed by atoms with van der Waals surface area (Å²) in [6, 6.07) is 13.1. The Bertz CT molecular complexity index is 1480. The minimum atomic E-state index is -4.92. The molecule has 3 aromatic rings. The predicted molar refractivity (Wildman–Crippen MR) is 131 cm³/mol. The Labute approximate surface area is 223 Å². The number of hydrogen-bond acceptors (Lipinski definition) is 8. The Morgan fingerprint density at radius 1 is 0.450 bits per heavy atom. The highest BCUT2D eigenvalue weighted by atomic mass is 32.2. The van der Waals surface area contributed by atoms with Gasteiger partial charge in [-0.05, 0) is 54.6 Å². The van der Waals surface area contributed by atoms with Crippen LogP contribution in [0.5, 0.6) is 0 Å². The van der Waals surface area contributed by atoms with Crippen LogP contribution >= 0.6 is 0 Å². The van der Waals surface area contributed by atoms with Crippen molar-refractivity contribution in [3.05, 3.63) is 100 Å². The first-order chi connectivity index (χ1) is 18.5. The van der Waals surface area contributed by atoms with Gasteiger partial charge in [-0.2, -0.15) is 8.42 Å². The van der Waals surface area contributed by atoms with Gasteiger partial charge in [-0.1, -0.05) is 12.1 Å². The number of carbonyl (C=O) groups is 6. The molecule has 0 aliphatic rings. The topological polar surface area (TPSA) is 278 Å². The molecule has 0 atom stereocenters. The lowest BCUT2D eigenvalue weighted by Crippen LogP contribution is -2.14. The largest absolute Gasteiger partial charge is 0.478 e. The molecule has 0 aliphatic heterocycles. The lowest BCUT2D eigenvalue weighted by atomic mass is 10.1. The zero-order chi connectivity index (χ0) is 30.8. The average Bonchev–Trinajstić information content (AvgIpc) is 2.88. The lowest BCUT2D eigenvalue weighted by Gasteiger charge is -2.05. The highest BCUT2D eigenvalue weighted by Crippen LogP contribution is 2.21. The van der Waals surface area contributed by atoms with Gasteiger partial charge in [0.15, 0.2) is 0 Å². The summed E-state index contributed by atoms with van der Waals surface area (Å²) in [5.41, 5.74) is -1.45. The van der Waals surface area contributed by atoms with Crippen LogP contribution in [0.3, 0.4) is 0 Å². The van der Waals surface area contributed by atoms with E-state index in [9.17, 15) is 37.2 Å². The van der Waals surface area contributed by atoms with E-state index in [0.717, 1.165) is 24.3 Å². The summed E-state index contributed by atoms with van der Waals surface area (Å²) in [7, 11) is -4.92. The van der Waals surface area contributed by atoms with E-state index in [-0.39, 0.29) is 22.3 Å². The Kier molecular flexibility index (Phi) is 11.2. The van der Waals surface area contributed by atoms with Gasteiger partial charge in [0.1, 0.15) is 4.90 Å². The fraction of sp³-hybridized carbons (Fsp3) is 0. The third-order valence-corrected chi connectivity index (χ3v) is 5.42. The fourth-order valence-corrected chi connectivity index (χ4v) is 3.56. The minimum absolute atomic E-state index is 0.0186. The number of aromatic carboxylic acids is 6. The van der Waals surface area contributed by atoms with E-state index >= 15 is 0 Å². The number of rotatable bonds is 7. The van der Waals surface area contributed by atoms with Crippen molar-refractivity contribution in [2.24, 2.45) is 0 Å². The maximum Gasteiger partial charge on any atom is 0.337 e. The van der Waals surface area contributed by atoms with Gasteiger partial charge in [0.2, 0.25) is 0 Å². The van der Waals surface area contributed by atoms with Crippen LogP contribution < -0.4 is 0 Å². The Morgan fingerprint density at radius 3 is 1.00 bits per heavy atom. The zero-order valence-electron chi connectivity index (χ0n) is 19.7. The molecule has 0 fully saturated rings. The van der Waals surface area contributed by atoms with E-state index < -0.39 is 62.0 Å². The van der Waals surface area contributed by atoms with Crippen LogP contribution in [0.1, 0.15) is 62.1 Å². The van der Waals surface area contributed by atoms with Crippen molar-refractivity contribution in [1.82, 2.24) is 0 Å². The van der Waals surface area contributed by atoms with E-state index in [1.807, 2.05) is 0 Å². The van der Waals surface area contributed by atoms with Crippen molar-refractivity contribution in [1.29, 1.82) is 0 Å². The van der Waals surface area contributed by atoms with Crippen molar-refractivity contribution in [3.8, 4) is 0 Å². The SMILES string of the molecule is O=C(O)c1ccc(C(=O)O)cc1.O=C(O)c1cccc(C(=O)O)c1.O=C(O)c1cccc(C(=O)O)c1S(=O)(=O)O. The third kappa shape index (κ3) is 9.36. The summed E-state index contributed by atoms with van der Waals surface area (Å²) < 4.78 is 30.6. The maximum atomic E-state index is 10.9. The highest BCUT2D eigenvalue weighted by molar-refractivity contribution is 7.86. The van der Waals surface area contributed by atoms with Crippen LogP contribution in [0, 0.1) is 0 Å². The number of carboxylic acids is 6. The summed E-state index contributed by atoms with van der Waals surface area (Å²) >= 11 is 0. The van der Waals surface area contributed by atoms with Crippen LogP contribution in [-0.4, -0.2) is 79.4 Å². The van der Waals surface area contributed by atoms with Crippen molar-refractivity contribution < 1.29 is 72.4 Å². The van der Waals surface area contributed by atoms with E-state index in [1.165, 1.54) is 42.5 Å². The van der Waals surface area contributed by atoms with Crippen LogP contribution in [0.15, 0.2) is 71.6 Å². The smallest absolute Gasteiger partial charge is 0.337 e. The summed E-state index contributed by atoms with van der Waals surface area (Å²) in [6.45, 7) is 0. The molecule has 15 nitrogen and oxygen atoms in total. The Morgan fingerprint density at radius 2 is 0.750 bits per heavy atom. The maximum absolute atomic E-state index is 10.9. The minimum Gasteiger partial charge on any atom is -0.478 e. The van der Waals surface area contributed by atoms with Crippen LogP contribution in [-0.2, 0) is 10.1 Å². The summed E-state index contributed by atoms with van der Waals surface area (Å²) in [4.78, 5) is 61.7. The molecule has 3 rings (SSSR count). The summed E-state index contributed by atoms with van der Waals surface area (Å²) in [5.74, 6) is -7.67. The van der Waals surface area contributed by atoms with Gasteiger partial charge in [-0.3, -0.25) is 4.55 Å². The molecule has 0 heterocycles. The molecular weight excluding hydrogens is 560 g/mol. The molecular formula is C24H18O15S. The average molecular weight is 578 g/mol. The Hall–Kier alpha value is -5.61. The van der Waals surface area contributed by atoms with Crippen molar-refractivity contribution >= 4 is 45.9 Å². The molecule has 0 aliphatic carbocycles. The van der Waals surface area contributed by atoms with Gasteiger partial charge in [0.25, 0.3) is 10.1 Å². The van der Waals surface area contributed by atoms with Gasteiger partial charge in [-0.15, -0.1) is 0 Å². The number of carboxylic acid groups (broad SMARTS) is 6. The first-order valence-electron chi connectivity index (χ1n) is 10.2. The number of hydrogen-bond donors (Lipinski definition) is 7. The molecule has 0 radical (unpaired) electrons. The monoisotopic (exact) mass is 578 g/mol. The molecule has 16 heteroatoms. The van der Waals surface area contributed by atoms with E-state index in [1.54, 1.807) is 0 Å². The molecule has 0 aromatic heterocycles. The molecule has 0 amide bonds. The van der Waals surface area contributed by atoms with Gasteiger partial charge in [-0.25, -0.2) is 28.8 Å². The lowest BCUT2D eigenvalue weighted by molar-refractivity contribution is 0.0671. The van der Waals surface area contributed by atoms with E-state index in [0.29, 0.717) is 0 Å². The highest BCUT2D eigenvalue weighted by Gasteiger charge is 2.27. The fourth-order valence-electron chi connectivity index (χ4n) is 2.69. The first kappa shape index (κ1) is 32.4. The summed E-state index contributed by atoms with van der Waals surface area (Å²) in [5, 5.41) is 51.3. The molecule has 40 heavy (non-hydrogen) atoms. The second kappa shape index (κ2) is 13.8. The molecule has 0 saturated carbocycles. The summed E-state index contributed by atoms with van der Waals surface area (Å²) in [6.07, 6.45) is 0. The van der Waals surface area contributed by atoms with Crippen molar-refractivity contribution in [2.45, 2.75) is 4.90 Å². The molecule has 210 valence electrons. The van der Waals surface area contributed by atoms with Gasteiger partial charge < -0.3 is 30.6 Å². The van der Waals surface area contributed by atoms with Crippen molar-refractivity contribution in [3.63, 3.8) is 0 Å². The van der Waals surface area contributed by atoms with E-state index in [4.69, 9.17) is 35.2 Å². The molecule has 7 N–H and O–H groups in total. The first-order valence-corrected chi connectivity index (χ1v) is 11.6. The number of benzene rings is 3. The van der Waals surface area contributed by atoms with E-state index in [2.05, 4.69) is 0 Å².